The summed E-state index contributed by atoms with van der Waals surface area (Å²) in [7, 11) is 1.78. The highest BCUT2D eigenvalue weighted by Gasteiger charge is 2.03. The summed E-state index contributed by atoms with van der Waals surface area (Å²) < 4.78 is 0. The van der Waals surface area contributed by atoms with Crippen molar-refractivity contribution in [2.24, 2.45) is 4.99 Å². The lowest BCUT2D eigenvalue weighted by molar-refractivity contribution is 0.784. The van der Waals surface area contributed by atoms with Crippen molar-refractivity contribution in [3.8, 4) is 0 Å². The number of pyridine rings is 2. The van der Waals surface area contributed by atoms with Gasteiger partial charge in [-0.1, -0.05) is 41.9 Å². The van der Waals surface area contributed by atoms with E-state index in [0.29, 0.717) is 5.15 Å². The van der Waals surface area contributed by atoms with Crippen molar-refractivity contribution in [3.05, 3.63) is 71.1 Å². The van der Waals surface area contributed by atoms with Gasteiger partial charge in [0.25, 0.3) is 0 Å². The molecule has 0 amide bonds. The third-order valence-corrected chi connectivity index (χ3v) is 4.35. The van der Waals surface area contributed by atoms with Crippen molar-refractivity contribution in [2.75, 3.05) is 20.1 Å². The van der Waals surface area contributed by atoms with E-state index in [2.05, 4.69) is 49.9 Å². The van der Waals surface area contributed by atoms with Crippen LogP contribution in [0.4, 0.5) is 0 Å². The molecule has 1 aromatic carbocycles. The maximum absolute atomic E-state index is 5.80. The van der Waals surface area contributed by atoms with Crippen LogP contribution in [0.25, 0.3) is 10.9 Å². The number of fused-ring (bicyclic) bond motifs is 1. The van der Waals surface area contributed by atoms with Crippen LogP contribution in [0.2, 0.25) is 5.15 Å². The molecule has 3 rings (SSSR count). The first-order chi connectivity index (χ1) is 12.8. The van der Waals surface area contributed by atoms with Crippen LogP contribution in [-0.2, 0) is 12.8 Å². The number of hydrogen-bond donors (Lipinski definition) is 2. The number of nitrogens with zero attached hydrogens (tertiary/aromatic N) is 3. The van der Waals surface area contributed by atoms with E-state index in [4.69, 9.17) is 11.6 Å². The molecule has 0 saturated heterocycles. The van der Waals surface area contributed by atoms with Crippen LogP contribution >= 0.6 is 35.6 Å². The molecule has 0 bridgehead atoms. The smallest absolute Gasteiger partial charge is 0.190 e. The molecule has 0 unspecified atom stereocenters. The SMILES string of the molecule is CN=C(NCCc1ccc(Cl)nc1)NCCc1cccc2cccnc12.I. The third kappa shape index (κ3) is 6.32. The number of halogens is 2. The summed E-state index contributed by atoms with van der Waals surface area (Å²) in [5.41, 5.74) is 3.44. The Morgan fingerprint density at radius 1 is 1.00 bits per heavy atom. The van der Waals surface area contributed by atoms with Crippen molar-refractivity contribution in [1.82, 2.24) is 20.6 Å². The minimum Gasteiger partial charge on any atom is -0.356 e. The fraction of sp³-hybridized carbons (Fsp3) is 0.250. The van der Waals surface area contributed by atoms with Crippen LogP contribution < -0.4 is 10.6 Å². The minimum atomic E-state index is 0. The summed E-state index contributed by atoms with van der Waals surface area (Å²) in [6.07, 6.45) is 5.38. The molecule has 0 fully saturated rings. The Labute approximate surface area is 181 Å². The van der Waals surface area contributed by atoms with E-state index in [1.54, 1.807) is 13.2 Å². The van der Waals surface area contributed by atoms with Crippen LogP contribution in [0.1, 0.15) is 11.1 Å². The Balaban J connectivity index is 0.00000261. The van der Waals surface area contributed by atoms with Gasteiger partial charge in [0.15, 0.2) is 5.96 Å². The largest absolute Gasteiger partial charge is 0.356 e. The standard InChI is InChI=1S/C20H22ClN5.HI/c1-22-20(24-12-9-15-7-8-18(21)26-14-15)25-13-10-17-5-2-4-16-6-3-11-23-19(16)17;/h2-8,11,14H,9-10,12-13H2,1H3,(H2,22,24,25);1H. The van der Waals surface area contributed by atoms with Gasteiger partial charge in [0.05, 0.1) is 5.52 Å². The molecule has 2 heterocycles. The van der Waals surface area contributed by atoms with E-state index < -0.39 is 0 Å². The lowest BCUT2D eigenvalue weighted by atomic mass is 10.1. The maximum Gasteiger partial charge on any atom is 0.190 e. The maximum atomic E-state index is 5.80. The van der Waals surface area contributed by atoms with Gasteiger partial charge in [-0.25, -0.2) is 4.98 Å². The van der Waals surface area contributed by atoms with Crippen molar-refractivity contribution >= 4 is 52.4 Å². The van der Waals surface area contributed by atoms with Gasteiger partial charge in [0, 0.05) is 37.9 Å². The van der Waals surface area contributed by atoms with Crippen LogP contribution in [0.15, 0.2) is 59.9 Å². The number of nitrogens with one attached hydrogen (secondary N) is 2. The van der Waals surface area contributed by atoms with Gasteiger partial charge in [-0.05, 0) is 36.1 Å². The molecule has 5 nitrogen and oxygen atoms in total. The predicted molar refractivity (Wildman–Crippen MR) is 123 cm³/mol. The molecule has 0 aliphatic carbocycles. The van der Waals surface area contributed by atoms with Gasteiger partial charge in [0.1, 0.15) is 5.15 Å². The zero-order valence-corrected chi connectivity index (χ0v) is 18.2. The number of benzene rings is 1. The summed E-state index contributed by atoms with van der Waals surface area (Å²) in [4.78, 5) is 12.9. The number of aromatic nitrogens is 2. The van der Waals surface area contributed by atoms with Crippen molar-refractivity contribution in [1.29, 1.82) is 0 Å². The van der Waals surface area contributed by atoms with Gasteiger partial charge < -0.3 is 10.6 Å². The van der Waals surface area contributed by atoms with Gasteiger partial charge in [-0.15, -0.1) is 24.0 Å². The molecule has 27 heavy (non-hydrogen) atoms. The Kier molecular flexibility index (Phi) is 8.74. The third-order valence-electron chi connectivity index (χ3n) is 4.12. The quantitative estimate of drug-likeness (QED) is 0.236. The number of para-hydroxylation sites is 1. The van der Waals surface area contributed by atoms with Crippen LogP contribution in [0.5, 0.6) is 0 Å². The van der Waals surface area contributed by atoms with Crippen LogP contribution in [-0.4, -0.2) is 36.1 Å². The van der Waals surface area contributed by atoms with Crippen molar-refractivity contribution in [3.63, 3.8) is 0 Å². The predicted octanol–water partition coefficient (Wildman–Crippen LogP) is 3.85. The van der Waals surface area contributed by atoms with Gasteiger partial charge in [-0.3, -0.25) is 9.98 Å². The first kappa shape index (κ1) is 21.4. The summed E-state index contributed by atoms with van der Waals surface area (Å²) in [5.74, 6) is 0.792. The lowest BCUT2D eigenvalue weighted by Gasteiger charge is -2.12. The second-order valence-corrected chi connectivity index (χ2v) is 6.29. The Hall–Kier alpha value is -1.93. The zero-order chi connectivity index (χ0) is 18.2. The Bertz CT molecular complexity index is 878. The molecule has 0 spiro atoms. The number of aliphatic imine (C=N–C) groups is 1. The molecule has 0 saturated carbocycles. The molecule has 0 radical (unpaired) electrons. The average Bonchev–Trinajstić information content (AvgIpc) is 2.68. The molecule has 2 N–H and O–H groups in total. The molecule has 0 aliphatic heterocycles. The number of guanidine groups is 1. The van der Waals surface area contributed by atoms with Gasteiger partial charge >= 0.3 is 0 Å². The Morgan fingerprint density at radius 3 is 2.52 bits per heavy atom. The summed E-state index contributed by atoms with van der Waals surface area (Å²) >= 11 is 5.80. The molecule has 0 atom stereocenters. The van der Waals surface area contributed by atoms with Crippen molar-refractivity contribution in [2.45, 2.75) is 12.8 Å². The van der Waals surface area contributed by atoms with Gasteiger partial charge in [-0.2, -0.15) is 0 Å². The van der Waals surface area contributed by atoms with E-state index >= 15 is 0 Å². The summed E-state index contributed by atoms with van der Waals surface area (Å²) in [5, 5.41) is 8.36. The van der Waals surface area contributed by atoms with E-state index in [9.17, 15) is 0 Å². The lowest BCUT2D eigenvalue weighted by Crippen LogP contribution is -2.39. The van der Waals surface area contributed by atoms with Crippen LogP contribution in [0.3, 0.4) is 0 Å². The van der Waals surface area contributed by atoms with Crippen molar-refractivity contribution < 1.29 is 0 Å². The second-order valence-electron chi connectivity index (χ2n) is 5.91. The molecular weight excluding hydrogens is 473 g/mol. The van der Waals surface area contributed by atoms with E-state index in [0.717, 1.165) is 43.0 Å². The highest BCUT2D eigenvalue weighted by atomic mass is 127. The normalized spacial score (nSPS) is 11.1. The molecule has 3 aromatic rings. The topological polar surface area (TPSA) is 62.2 Å². The average molecular weight is 496 g/mol. The Morgan fingerprint density at radius 2 is 1.78 bits per heavy atom. The first-order valence-corrected chi connectivity index (χ1v) is 9.01. The summed E-state index contributed by atoms with van der Waals surface area (Å²) in [6.45, 7) is 1.57. The highest BCUT2D eigenvalue weighted by Crippen LogP contribution is 2.15. The molecule has 2 aromatic heterocycles. The minimum absolute atomic E-state index is 0. The van der Waals surface area contributed by atoms with E-state index in [1.165, 1.54) is 10.9 Å². The zero-order valence-electron chi connectivity index (χ0n) is 15.2. The highest BCUT2D eigenvalue weighted by molar-refractivity contribution is 14.0. The molecule has 142 valence electrons. The fourth-order valence-corrected chi connectivity index (χ4v) is 2.90. The van der Waals surface area contributed by atoms with Gasteiger partial charge in [0.2, 0.25) is 0 Å². The summed E-state index contributed by atoms with van der Waals surface area (Å²) in [6, 6.07) is 14.1. The van der Waals surface area contributed by atoms with E-state index in [1.807, 2.05) is 24.4 Å². The fourth-order valence-electron chi connectivity index (χ4n) is 2.78. The monoisotopic (exact) mass is 495 g/mol. The first-order valence-electron chi connectivity index (χ1n) is 8.64. The number of hydrogen-bond acceptors (Lipinski definition) is 3. The second kappa shape index (κ2) is 11.0. The molecule has 0 aliphatic rings. The van der Waals surface area contributed by atoms with E-state index in [-0.39, 0.29) is 24.0 Å². The molecule has 7 heteroatoms. The van der Waals surface area contributed by atoms with Crippen LogP contribution in [0, 0.1) is 0 Å². The number of rotatable bonds is 6. The molecular formula is C20H23ClIN5.